The molecule has 0 aliphatic rings. The summed E-state index contributed by atoms with van der Waals surface area (Å²) in [6.45, 7) is 12.4. The highest BCUT2D eigenvalue weighted by atomic mass is 16.5. The van der Waals surface area contributed by atoms with Gasteiger partial charge in [0.25, 0.3) is 6.47 Å². The molecule has 0 aliphatic heterocycles. The number of carboxylic acid groups (broad SMARTS) is 1. The van der Waals surface area contributed by atoms with Crippen LogP contribution in [0.2, 0.25) is 0 Å². The molecule has 10 heteroatoms. The number of guanidine groups is 1. The molecule has 1 atom stereocenters. The van der Waals surface area contributed by atoms with E-state index < -0.39 is 0 Å². The summed E-state index contributed by atoms with van der Waals surface area (Å²) in [6.07, 6.45) is 45.0. The van der Waals surface area contributed by atoms with Gasteiger partial charge < -0.3 is 24.5 Å². The maximum atomic E-state index is 12.9. The van der Waals surface area contributed by atoms with Crippen molar-refractivity contribution in [2.45, 2.75) is 245 Å². The SMILES string of the molecule is CCCCCCCCCCCCCCCCN(CCCCCCCC(=O)OC(CCCCCCC)CCCCCCCC)CCCN=C(NC#N)N(C)CCN(C)C.O=CO. The van der Waals surface area contributed by atoms with Crippen molar-refractivity contribution < 1.29 is 19.4 Å². The molecule has 0 saturated carbocycles. The lowest BCUT2D eigenvalue weighted by atomic mass is 10.0. The largest absolute Gasteiger partial charge is 0.483 e. The molecule has 0 radical (unpaired) electrons. The Kier molecular flexibility index (Phi) is 50.0. The van der Waals surface area contributed by atoms with Crippen molar-refractivity contribution in [3.8, 4) is 6.19 Å². The number of nitrogens with zero attached hydrogens (tertiary/aromatic N) is 5. The number of nitriles is 1. The van der Waals surface area contributed by atoms with Crippen molar-refractivity contribution in [1.29, 1.82) is 5.26 Å². The van der Waals surface area contributed by atoms with Crippen LogP contribution in [-0.4, -0.2) is 105 Å². The molecule has 360 valence electrons. The number of ether oxygens (including phenoxy) is 1. The van der Waals surface area contributed by atoms with Crippen LogP contribution in [-0.2, 0) is 14.3 Å². The fourth-order valence-corrected chi connectivity index (χ4v) is 7.88. The van der Waals surface area contributed by atoms with Gasteiger partial charge in [0, 0.05) is 33.1 Å². The minimum absolute atomic E-state index is 0.0311. The van der Waals surface area contributed by atoms with Gasteiger partial charge in [-0.25, -0.2) is 0 Å². The summed E-state index contributed by atoms with van der Waals surface area (Å²) >= 11 is 0. The molecule has 0 fully saturated rings. The molecule has 0 aromatic carbocycles. The lowest BCUT2D eigenvalue weighted by Gasteiger charge is -2.23. The van der Waals surface area contributed by atoms with Crippen LogP contribution in [0.15, 0.2) is 4.99 Å². The Bertz CT molecular complexity index is 991. The normalized spacial score (nSPS) is 12.0. The van der Waals surface area contributed by atoms with Crippen LogP contribution in [0.4, 0.5) is 0 Å². The second kappa shape index (κ2) is 50.3. The summed E-state index contributed by atoms with van der Waals surface area (Å²) in [5.41, 5.74) is 0. The van der Waals surface area contributed by atoms with Crippen LogP contribution >= 0.6 is 0 Å². The summed E-state index contributed by atoms with van der Waals surface area (Å²) in [5.74, 6) is 0.700. The molecule has 2 N–H and O–H groups in total. The van der Waals surface area contributed by atoms with Gasteiger partial charge in [0.05, 0.1) is 0 Å². The number of nitrogens with one attached hydrogen (secondary N) is 1. The van der Waals surface area contributed by atoms with Crippen LogP contribution in [0.5, 0.6) is 0 Å². The van der Waals surface area contributed by atoms with E-state index in [0.29, 0.717) is 12.4 Å². The van der Waals surface area contributed by atoms with Gasteiger partial charge in [0.15, 0.2) is 6.19 Å². The second-order valence-corrected chi connectivity index (χ2v) is 18.0. The predicted molar refractivity (Wildman–Crippen MR) is 261 cm³/mol. The molecule has 0 saturated heterocycles. The number of rotatable bonds is 44. The monoisotopic (exact) mass is 863 g/mol. The van der Waals surface area contributed by atoms with Crippen molar-refractivity contribution >= 4 is 18.4 Å². The van der Waals surface area contributed by atoms with E-state index >= 15 is 0 Å². The Morgan fingerprint density at radius 3 is 1.38 bits per heavy atom. The van der Waals surface area contributed by atoms with E-state index in [4.69, 9.17) is 19.6 Å². The van der Waals surface area contributed by atoms with Crippen LogP contribution in [0.1, 0.15) is 239 Å². The fraction of sp³-hybridized carbons (Fsp3) is 0.922. The van der Waals surface area contributed by atoms with Crippen LogP contribution < -0.4 is 5.32 Å². The number of hydrogen-bond donors (Lipinski definition) is 2. The number of carbonyl (C=O) groups is 2. The molecule has 0 aliphatic carbocycles. The second-order valence-electron chi connectivity index (χ2n) is 18.0. The van der Waals surface area contributed by atoms with Crippen molar-refractivity contribution in [2.75, 3.05) is 60.4 Å². The van der Waals surface area contributed by atoms with Crippen molar-refractivity contribution in [3.05, 3.63) is 0 Å². The smallest absolute Gasteiger partial charge is 0.306 e. The number of hydrogen-bond acceptors (Lipinski definition) is 7. The zero-order chi connectivity index (χ0) is 45.3. The highest BCUT2D eigenvalue weighted by Gasteiger charge is 2.14. The molecule has 0 amide bonds. The first-order valence-corrected chi connectivity index (χ1v) is 25.8. The Morgan fingerprint density at radius 2 is 0.967 bits per heavy atom. The first-order chi connectivity index (χ1) is 29.8. The minimum Gasteiger partial charge on any atom is -0.483 e. The van der Waals surface area contributed by atoms with Crippen LogP contribution in [0.25, 0.3) is 0 Å². The molecular weight excluding hydrogens is 761 g/mol. The van der Waals surface area contributed by atoms with Gasteiger partial charge in [-0.05, 0) is 85.1 Å². The van der Waals surface area contributed by atoms with E-state index in [1.165, 1.54) is 180 Å². The summed E-state index contributed by atoms with van der Waals surface area (Å²) < 4.78 is 6.08. The third-order valence-corrected chi connectivity index (χ3v) is 11.8. The number of likely N-dealkylation sites (N-methyl/N-ethyl adjacent to an activating group) is 2. The average Bonchev–Trinajstić information content (AvgIpc) is 3.24. The summed E-state index contributed by atoms with van der Waals surface area (Å²) in [5, 5.41) is 19.0. The molecule has 0 spiro atoms. The molecule has 61 heavy (non-hydrogen) atoms. The first-order valence-electron chi connectivity index (χ1n) is 25.8. The van der Waals surface area contributed by atoms with Gasteiger partial charge in [0.2, 0.25) is 5.96 Å². The van der Waals surface area contributed by atoms with Crippen molar-refractivity contribution in [1.82, 2.24) is 20.0 Å². The molecular formula is C51H102N6O4. The summed E-state index contributed by atoms with van der Waals surface area (Å²) in [6, 6.07) is 0. The Balaban J connectivity index is 0. The topological polar surface area (TPSA) is 121 Å². The highest BCUT2D eigenvalue weighted by molar-refractivity contribution is 5.81. The molecule has 1 unspecified atom stereocenters. The van der Waals surface area contributed by atoms with E-state index in [0.717, 1.165) is 71.4 Å². The van der Waals surface area contributed by atoms with E-state index in [1.54, 1.807) is 0 Å². The molecule has 0 aromatic heterocycles. The van der Waals surface area contributed by atoms with Gasteiger partial charge in [0.1, 0.15) is 6.10 Å². The Morgan fingerprint density at radius 1 is 0.590 bits per heavy atom. The maximum absolute atomic E-state index is 12.9. The van der Waals surface area contributed by atoms with Crippen molar-refractivity contribution in [2.24, 2.45) is 4.99 Å². The van der Waals surface area contributed by atoms with E-state index in [-0.39, 0.29) is 18.5 Å². The lowest BCUT2D eigenvalue weighted by molar-refractivity contribution is -0.150. The van der Waals surface area contributed by atoms with Gasteiger partial charge in [-0.3, -0.25) is 19.9 Å². The van der Waals surface area contributed by atoms with E-state index in [2.05, 4.69) is 56.2 Å². The Hall–Kier alpha value is -2.38. The van der Waals surface area contributed by atoms with Gasteiger partial charge in [-0.2, -0.15) is 5.26 Å². The summed E-state index contributed by atoms with van der Waals surface area (Å²) in [4.78, 5) is 32.8. The lowest BCUT2D eigenvalue weighted by Crippen LogP contribution is -2.40. The average molecular weight is 863 g/mol. The zero-order valence-corrected chi connectivity index (χ0v) is 41.3. The first kappa shape index (κ1) is 60.7. The van der Waals surface area contributed by atoms with Gasteiger partial charge >= 0.3 is 5.97 Å². The molecule has 10 nitrogen and oxygen atoms in total. The molecule has 0 bridgehead atoms. The highest BCUT2D eigenvalue weighted by Crippen LogP contribution is 2.19. The third kappa shape index (κ3) is 46.9. The number of esters is 1. The minimum atomic E-state index is -0.250. The van der Waals surface area contributed by atoms with Crippen molar-refractivity contribution in [3.63, 3.8) is 0 Å². The van der Waals surface area contributed by atoms with E-state index in [1.807, 2.05) is 11.9 Å². The molecule has 0 heterocycles. The van der Waals surface area contributed by atoms with Gasteiger partial charge in [-0.1, -0.05) is 181 Å². The fourth-order valence-electron chi connectivity index (χ4n) is 7.88. The predicted octanol–water partition coefficient (Wildman–Crippen LogP) is 13.1. The van der Waals surface area contributed by atoms with Gasteiger partial charge in [-0.15, -0.1) is 0 Å². The number of aliphatic imine (C=N–C) groups is 1. The van der Waals surface area contributed by atoms with E-state index in [9.17, 15) is 10.1 Å². The number of carbonyl (C=O) groups excluding carboxylic acids is 1. The molecule has 0 rings (SSSR count). The van der Waals surface area contributed by atoms with Crippen LogP contribution in [0, 0.1) is 11.5 Å². The van der Waals surface area contributed by atoms with Crippen LogP contribution in [0.3, 0.4) is 0 Å². The zero-order valence-electron chi connectivity index (χ0n) is 41.3. The quantitative estimate of drug-likeness (QED) is 0.0117. The third-order valence-electron chi connectivity index (χ3n) is 11.8. The Labute approximate surface area is 378 Å². The standard InChI is InChI=1S/C50H100N6O2.CH2O2/c1-7-10-13-16-18-19-20-21-22-23-24-25-30-35-42-56(44-37-41-52-50(53-47-51)55(6)46-45-54(4)5)43-36-31-26-29-34-40-49(57)58-48(38-32-27-15-12-9-3)39-33-28-17-14-11-8-2;2-1-3/h48H,7-46H2,1-6H3,(H,52,53);1H,(H,2,3). The maximum Gasteiger partial charge on any atom is 0.306 e. The summed E-state index contributed by atoms with van der Waals surface area (Å²) in [7, 11) is 6.13. The molecule has 0 aromatic rings. The number of unbranched alkanes of at least 4 members (excludes halogenated alkanes) is 26.